The molecule has 0 atom stereocenters. The maximum Gasteiger partial charge on any atom is 0.331 e. The molecule has 1 aliphatic rings. The summed E-state index contributed by atoms with van der Waals surface area (Å²) in [5, 5.41) is 4.90. The molecular weight excluding hydrogens is 546 g/mol. The summed E-state index contributed by atoms with van der Waals surface area (Å²) in [6, 6.07) is 14.5. The SMILES string of the molecule is CCOc1cc(/C=C2\C(=O)NC(=O)N(Cc3ccco3)C2=O)cc(Br)c1OCC(=O)Nc1ccccc1. The van der Waals surface area contributed by atoms with Gasteiger partial charge in [0.25, 0.3) is 17.7 Å². The molecule has 0 spiro atoms. The molecule has 1 aliphatic heterocycles. The molecule has 2 N–H and O–H groups in total. The van der Waals surface area contributed by atoms with E-state index >= 15 is 0 Å². The van der Waals surface area contributed by atoms with E-state index in [4.69, 9.17) is 13.9 Å². The number of ether oxygens (including phenoxy) is 2. The molecule has 37 heavy (non-hydrogen) atoms. The van der Waals surface area contributed by atoms with Gasteiger partial charge >= 0.3 is 6.03 Å². The number of halogens is 1. The lowest BCUT2D eigenvalue weighted by Gasteiger charge is -2.25. The van der Waals surface area contributed by atoms with Gasteiger partial charge in [-0.25, -0.2) is 4.79 Å². The molecule has 0 saturated carbocycles. The van der Waals surface area contributed by atoms with Crippen molar-refractivity contribution in [3.05, 3.63) is 82.2 Å². The number of nitrogens with zero attached hydrogens (tertiary/aromatic N) is 1. The van der Waals surface area contributed by atoms with Crippen LogP contribution in [0.4, 0.5) is 10.5 Å². The van der Waals surface area contributed by atoms with Crippen LogP contribution in [0.25, 0.3) is 6.08 Å². The zero-order valence-corrected chi connectivity index (χ0v) is 21.2. The standard InChI is InChI=1S/C26H22BrN3O7/c1-2-35-21-13-16(12-20(27)23(21)37-15-22(31)28-17-7-4-3-5-8-17)11-19-24(32)29-26(34)30(25(19)33)14-18-9-6-10-36-18/h3-13H,2,14-15H2,1H3,(H,28,31)(H,29,32,34)/b19-11+. The minimum atomic E-state index is -0.836. The Balaban J connectivity index is 1.55. The van der Waals surface area contributed by atoms with Gasteiger partial charge in [0, 0.05) is 5.69 Å². The lowest BCUT2D eigenvalue weighted by molar-refractivity contribution is -0.130. The van der Waals surface area contributed by atoms with Gasteiger partial charge in [0.05, 0.1) is 23.9 Å². The highest BCUT2D eigenvalue weighted by molar-refractivity contribution is 9.10. The van der Waals surface area contributed by atoms with Crippen molar-refractivity contribution in [2.75, 3.05) is 18.5 Å². The number of benzene rings is 2. The maximum absolute atomic E-state index is 13.0. The van der Waals surface area contributed by atoms with Gasteiger partial charge in [-0.1, -0.05) is 18.2 Å². The Hall–Kier alpha value is -4.38. The summed E-state index contributed by atoms with van der Waals surface area (Å²) in [6.45, 7) is 1.66. The summed E-state index contributed by atoms with van der Waals surface area (Å²) in [5.74, 6) is -0.992. The Morgan fingerprint density at radius 1 is 1.11 bits per heavy atom. The third-order valence-corrected chi connectivity index (χ3v) is 5.72. The first-order valence-electron chi connectivity index (χ1n) is 11.2. The van der Waals surface area contributed by atoms with Gasteiger partial charge in [0.1, 0.15) is 11.3 Å². The predicted octanol–water partition coefficient (Wildman–Crippen LogP) is 4.12. The van der Waals surface area contributed by atoms with Crippen LogP contribution in [0.5, 0.6) is 11.5 Å². The van der Waals surface area contributed by atoms with E-state index in [0.29, 0.717) is 33.8 Å². The molecule has 1 aromatic heterocycles. The van der Waals surface area contributed by atoms with Crippen LogP contribution < -0.4 is 20.1 Å². The van der Waals surface area contributed by atoms with Gasteiger partial charge in [-0.15, -0.1) is 0 Å². The second-order valence-corrected chi connectivity index (χ2v) is 8.61. The Labute approximate surface area is 220 Å². The Kier molecular flexibility index (Phi) is 8.04. The normalized spacial score (nSPS) is 14.5. The van der Waals surface area contributed by atoms with Crippen molar-refractivity contribution in [3.8, 4) is 11.5 Å². The third-order valence-electron chi connectivity index (χ3n) is 5.13. The average molecular weight is 568 g/mol. The number of carbonyl (C=O) groups is 4. The number of nitrogens with one attached hydrogen (secondary N) is 2. The Morgan fingerprint density at radius 2 is 1.89 bits per heavy atom. The van der Waals surface area contributed by atoms with E-state index in [9.17, 15) is 19.2 Å². The van der Waals surface area contributed by atoms with E-state index in [1.807, 2.05) is 6.07 Å². The highest BCUT2D eigenvalue weighted by Crippen LogP contribution is 2.38. The number of urea groups is 1. The van der Waals surface area contributed by atoms with Crippen LogP contribution in [0.2, 0.25) is 0 Å². The van der Waals surface area contributed by atoms with E-state index in [-0.39, 0.29) is 30.4 Å². The molecule has 10 nitrogen and oxygen atoms in total. The summed E-state index contributed by atoms with van der Waals surface area (Å²) < 4.78 is 17.0. The molecule has 1 saturated heterocycles. The summed E-state index contributed by atoms with van der Waals surface area (Å²) in [4.78, 5) is 50.9. The molecule has 1 fully saturated rings. The van der Waals surface area contributed by atoms with Gasteiger partial charge in [0.2, 0.25) is 0 Å². The van der Waals surface area contributed by atoms with Crippen LogP contribution in [-0.4, -0.2) is 41.9 Å². The number of amides is 5. The van der Waals surface area contributed by atoms with Gasteiger partial charge in [-0.05, 0) is 70.9 Å². The largest absolute Gasteiger partial charge is 0.490 e. The first-order valence-corrected chi connectivity index (χ1v) is 12.0. The van der Waals surface area contributed by atoms with Gasteiger partial charge in [0.15, 0.2) is 18.1 Å². The van der Waals surface area contributed by atoms with Gasteiger partial charge in [-0.3, -0.25) is 24.6 Å². The zero-order chi connectivity index (χ0) is 26.4. The second kappa shape index (κ2) is 11.6. The van der Waals surface area contributed by atoms with Crippen molar-refractivity contribution in [3.63, 3.8) is 0 Å². The van der Waals surface area contributed by atoms with Crippen LogP contribution >= 0.6 is 15.9 Å². The van der Waals surface area contributed by atoms with Crippen molar-refractivity contribution in [1.29, 1.82) is 0 Å². The number of para-hydroxylation sites is 1. The van der Waals surface area contributed by atoms with Gasteiger partial charge < -0.3 is 19.2 Å². The van der Waals surface area contributed by atoms with E-state index < -0.39 is 17.8 Å². The quantitative estimate of drug-likeness (QED) is 0.294. The lowest BCUT2D eigenvalue weighted by Crippen LogP contribution is -2.53. The number of hydrogen-bond donors (Lipinski definition) is 2. The molecule has 190 valence electrons. The molecule has 5 amide bonds. The minimum absolute atomic E-state index is 0.131. The van der Waals surface area contributed by atoms with Crippen LogP contribution in [-0.2, 0) is 20.9 Å². The van der Waals surface area contributed by atoms with Crippen molar-refractivity contribution in [2.24, 2.45) is 0 Å². The van der Waals surface area contributed by atoms with Crippen LogP contribution in [0.15, 0.2) is 75.3 Å². The molecule has 4 rings (SSSR count). The molecule has 3 aromatic rings. The van der Waals surface area contributed by atoms with Crippen LogP contribution in [0, 0.1) is 0 Å². The number of carbonyl (C=O) groups excluding carboxylic acids is 4. The monoisotopic (exact) mass is 567 g/mol. The molecule has 0 bridgehead atoms. The highest BCUT2D eigenvalue weighted by Gasteiger charge is 2.36. The minimum Gasteiger partial charge on any atom is -0.490 e. The van der Waals surface area contributed by atoms with E-state index in [0.717, 1.165) is 4.90 Å². The fourth-order valence-corrected chi connectivity index (χ4v) is 4.07. The molecular formula is C26H22BrN3O7. The molecule has 0 radical (unpaired) electrons. The van der Waals surface area contributed by atoms with Crippen LogP contribution in [0.3, 0.4) is 0 Å². The summed E-state index contributed by atoms with van der Waals surface area (Å²) in [5.41, 5.74) is 0.829. The van der Waals surface area contributed by atoms with E-state index in [1.165, 1.54) is 12.3 Å². The number of barbiturate groups is 1. The maximum atomic E-state index is 13.0. The second-order valence-electron chi connectivity index (χ2n) is 7.75. The van der Waals surface area contributed by atoms with E-state index in [1.54, 1.807) is 55.5 Å². The smallest absolute Gasteiger partial charge is 0.331 e. The van der Waals surface area contributed by atoms with Crippen molar-refractivity contribution < 1.29 is 33.1 Å². The van der Waals surface area contributed by atoms with Crippen molar-refractivity contribution in [1.82, 2.24) is 10.2 Å². The summed E-state index contributed by atoms with van der Waals surface area (Å²) >= 11 is 3.41. The molecule has 2 aromatic carbocycles. The zero-order valence-electron chi connectivity index (χ0n) is 19.7. The average Bonchev–Trinajstić information content (AvgIpc) is 3.38. The molecule has 0 aliphatic carbocycles. The fraction of sp³-hybridized carbons (Fsp3) is 0.154. The summed E-state index contributed by atoms with van der Waals surface area (Å²) in [6.07, 6.45) is 2.77. The lowest BCUT2D eigenvalue weighted by atomic mass is 10.1. The predicted molar refractivity (Wildman–Crippen MR) is 137 cm³/mol. The van der Waals surface area contributed by atoms with Crippen LogP contribution in [0.1, 0.15) is 18.2 Å². The topological polar surface area (TPSA) is 127 Å². The van der Waals surface area contributed by atoms with Gasteiger partial charge in [-0.2, -0.15) is 0 Å². The number of anilines is 1. The first kappa shape index (κ1) is 25.7. The third kappa shape index (κ3) is 6.25. The summed E-state index contributed by atoms with van der Waals surface area (Å²) in [7, 11) is 0. The first-order chi connectivity index (χ1) is 17.9. The number of hydrogen-bond acceptors (Lipinski definition) is 7. The van der Waals surface area contributed by atoms with Crippen molar-refractivity contribution in [2.45, 2.75) is 13.5 Å². The Bertz CT molecular complexity index is 1350. The van der Waals surface area contributed by atoms with Crippen molar-refractivity contribution >= 4 is 51.4 Å². The molecule has 11 heteroatoms. The number of furan rings is 1. The number of rotatable bonds is 9. The Morgan fingerprint density at radius 3 is 2.59 bits per heavy atom. The van der Waals surface area contributed by atoms with E-state index in [2.05, 4.69) is 26.6 Å². The molecule has 2 heterocycles. The fourth-order valence-electron chi connectivity index (χ4n) is 3.49. The highest BCUT2D eigenvalue weighted by atomic mass is 79.9. The molecule has 0 unspecified atom stereocenters. The number of imide groups is 2.